The van der Waals surface area contributed by atoms with Gasteiger partial charge in [0.2, 0.25) is 0 Å². The Kier molecular flexibility index (Phi) is 7.56. The summed E-state index contributed by atoms with van der Waals surface area (Å²) in [7, 11) is 0. The minimum atomic E-state index is -1.70. The SMILES string of the molecule is CC(Oc1ccc(I)cc1)C(F)C(F)CCCCF. The lowest BCUT2D eigenvalue weighted by Gasteiger charge is -2.21. The van der Waals surface area contributed by atoms with Crippen molar-refractivity contribution < 1.29 is 17.9 Å². The number of hydrogen-bond acceptors (Lipinski definition) is 1. The third-order valence-corrected chi connectivity index (χ3v) is 3.51. The summed E-state index contributed by atoms with van der Waals surface area (Å²) in [6.07, 6.45) is -3.50. The Morgan fingerprint density at radius 3 is 2.37 bits per heavy atom. The zero-order valence-electron chi connectivity index (χ0n) is 10.8. The first-order valence-electron chi connectivity index (χ1n) is 6.31. The first-order chi connectivity index (χ1) is 9.04. The Bertz CT molecular complexity index is 358. The van der Waals surface area contributed by atoms with Gasteiger partial charge in [0, 0.05) is 3.57 Å². The van der Waals surface area contributed by atoms with Crippen molar-refractivity contribution in [3.8, 4) is 5.75 Å². The van der Waals surface area contributed by atoms with Crippen LogP contribution in [0, 0.1) is 3.57 Å². The zero-order chi connectivity index (χ0) is 14.3. The Morgan fingerprint density at radius 2 is 1.79 bits per heavy atom. The summed E-state index contributed by atoms with van der Waals surface area (Å²) in [5.41, 5.74) is 0. The monoisotopic (exact) mass is 386 g/mol. The summed E-state index contributed by atoms with van der Waals surface area (Å²) < 4.78 is 45.6. The molecule has 19 heavy (non-hydrogen) atoms. The van der Waals surface area contributed by atoms with Gasteiger partial charge in [-0.2, -0.15) is 0 Å². The van der Waals surface area contributed by atoms with E-state index in [1.165, 1.54) is 6.92 Å². The molecule has 3 unspecified atom stereocenters. The molecule has 0 fully saturated rings. The second kappa shape index (κ2) is 8.66. The highest BCUT2D eigenvalue weighted by molar-refractivity contribution is 14.1. The van der Waals surface area contributed by atoms with E-state index < -0.39 is 25.1 Å². The molecule has 1 rings (SSSR count). The van der Waals surface area contributed by atoms with Crippen molar-refractivity contribution in [1.29, 1.82) is 0 Å². The van der Waals surface area contributed by atoms with E-state index in [2.05, 4.69) is 22.6 Å². The number of benzene rings is 1. The van der Waals surface area contributed by atoms with Crippen LogP contribution in [-0.4, -0.2) is 25.1 Å². The van der Waals surface area contributed by atoms with Crippen LogP contribution >= 0.6 is 22.6 Å². The molecule has 0 saturated carbocycles. The summed E-state index contributed by atoms with van der Waals surface area (Å²) >= 11 is 2.15. The first-order valence-corrected chi connectivity index (χ1v) is 7.38. The quantitative estimate of drug-likeness (QED) is 0.458. The molecule has 1 nitrogen and oxygen atoms in total. The molecular weight excluding hydrogens is 368 g/mol. The molecule has 0 spiro atoms. The fourth-order valence-electron chi connectivity index (χ4n) is 1.68. The molecule has 0 N–H and O–H groups in total. The maximum absolute atomic E-state index is 13.8. The predicted octanol–water partition coefficient (Wildman–Crippen LogP) is 4.87. The van der Waals surface area contributed by atoms with Crippen molar-refractivity contribution in [3.63, 3.8) is 0 Å². The molecular formula is C14H18F3IO. The summed E-state index contributed by atoms with van der Waals surface area (Å²) in [6, 6.07) is 7.12. The van der Waals surface area contributed by atoms with E-state index in [0.29, 0.717) is 12.2 Å². The first kappa shape index (κ1) is 16.6. The fraction of sp³-hybridized carbons (Fsp3) is 0.571. The van der Waals surface area contributed by atoms with Gasteiger partial charge in [0.05, 0.1) is 6.67 Å². The minimum Gasteiger partial charge on any atom is -0.488 e. The summed E-state index contributed by atoms with van der Waals surface area (Å²) in [5.74, 6) is 0.520. The van der Waals surface area contributed by atoms with Crippen LogP contribution in [0.4, 0.5) is 13.2 Å². The second-order valence-electron chi connectivity index (χ2n) is 4.42. The van der Waals surface area contributed by atoms with E-state index in [-0.39, 0.29) is 12.8 Å². The van der Waals surface area contributed by atoms with Crippen molar-refractivity contribution >= 4 is 22.6 Å². The van der Waals surface area contributed by atoms with Crippen LogP contribution < -0.4 is 4.74 Å². The standard InChI is InChI=1S/C14H18F3IO/c1-10(14(17)13(16)4-2-3-9-15)19-12-7-5-11(18)6-8-12/h5-8,10,13-14H,2-4,9H2,1H3. The van der Waals surface area contributed by atoms with Crippen molar-refractivity contribution in [1.82, 2.24) is 0 Å². The molecule has 3 atom stereocenters. The number of hydrogen-bond donors (Lipinski definition) is 0. The van der Waals surface area contributed by atoms with Crippen molar-refractivity contribution in [3.05, 3.63) is 27.8 Å². The van der Waals surface area contributed by atoms with Gasteiger partial charge >= 0.3 is 0 Å². The summed E-state index contributed by atoms with van der Waals surface area (Å²) in [6.45, 7) is 1.02. The van der Waals surface area contributed by atoms with Gasteiger partial charge in [-0.25, -0.2) is 8.78 Å². The van der Waals surface area contributed by atoms with Gasteiger partial charge in [0.1, 0.15) is 18.0 Å². The second-order valence-corrected chi connectivity index (χ2v) is 5.67. The molecule has 0 saturated heterocycles. The predicted molar refractivity (Wildman–Crippen MR) is 78.9 cm³/mol. The van der Waals surface area contributed by atoms with E-state index in [1.54, 1.807) is 12.1 Å². The van der Waals surface area contributed by atoms with Crippen molar-refractivity contribution in [2.24, 2.45) is 0 Å². The third kappa shape index (κ3) is 6.01. The largest absolute Gasteiger partial charge is 0.488 e. The highest BCUT2D eigenvalue weighted by atomic mass is 127. The van der Waals surface area contributed by atoms with Crippen LogP contribution in [0.1, 0.15) is 26.2 Å². The molecule has 0 aliphatic carbocycles. The van der Waals surface area contributed by atoms with Crippen molar-refractivity contribution in [2.45, 2.75) is 44.6 Å². The smallest absolute Gasteiger partial charge is 0.167 e. The molecule has 1 aromatic rings. The van der Waals surface area contributed by atoms with Gasteiger partial charge in [-0.05, 0) is 73.0 Å². The Morgan fingerprint density at radius 1 is 1.16 bits per heavy atom. The molecule has 0 radical (unpaired) electrons. The lowest BCUT2D eigenvalue weighted by atomic mass is 10.1. The van der Waals surface area contributed by atoms with Gasteiger partial charge in [0.15, 0.2) is 6.17 Å². The fourth-order valence-corrected chi connectivity index (χ4v) is 2.04. The van der Waals surface area contributed by atoms with Gasteiger partial charge in [0.25, 0.3) is 0 Å². The van der Waals surface area contributed by atoms with E-state index in [4.69, 9.17) is 4.74 Å². The molecule has 0 aliphatic heterocycles. The number of alkyl halides is 3. The molecule has 0 heterocycles. The number of ether oxygens (including phenoxy) is 1. The Balaban J connectivity index is 2.42. The molecule has 108 valence electrons. The van der Waals surface area contributed by atoms with Gasteiger partial charge in [-0.15, -0.1) is 0 Å². The average molecular weight is 386 g/mol. The molecule has 0 aliphatic rings. The lowest BCUT2D eigenvalue weighted by molar-refractivity contribution is 0.0485. The normalized spacial score (nSPS) is 15.8. The summed E-state index contributed by atoms with van der Waals surface area (Å²) in [5, 5.41) is 0. The maximum atomic E-state index is 13.8. The average Bonchev–Trinajstić information content (AvgIpc) is 2.40. The lowest BCUT2D eigenvalue weighted by Crippen LogP contribution is -2.33. The van der Waals surface area contributed by atoms with E-state index in [9.17, 15) is 13.2 Å². The van der Waals surface area contributed by atoms with E-state index in [0.717, 1.165) is 3.57 Å². The van der Waals surface area contributed by atoms with Crippen molar-refractivity contribution in [2.75, 3.05) is 6.67 Å². The van der Waals surface area contributed by atoms with Crippen LogP contribution in [0.25, 0.3) is 0 Å². The topological polar surface area (TPSA) is 9.23 Å². The Labute approximate surface area is 125 Å². The van der Waals surface area contributed by atoms with Crippen LogP contribution in [-0.2, 0) is 0 Å². The molecule has 0 aromatic heterocycles. The Hall–Kier alpha value is -0.460. The summed E-state index contributed by atoms with van der Waals surface area (Å²) in [4.78, 5) is 0. The number of halogens is 4. The highest BCUT2D eigenvalue weighted by Crippen LogP contribution is 2.21. The third-order valence-electron chi connectivity index (χ3n) is 2.79. The zero-order valence-corrected chi connectivity index (χ0v) is 12.9. The van der Waals surface area contributed by atoms with Gasteiger partial charge in [-0.1, -0.05) is 0 Å². The number of unbranched alkanes of at least 4 members (excludes halogenated alkanes) is 1. The van der Waals surface area contributed by atoms with Crippen LogP contribution in [0.15, 0.2) is 24.3 Å². The van der Waals surface area contributed by atoms with Gasteiger partial charge < -0.3 is 4.74 Å². The van der Waals surface area contributed by atoms with Crippen LogP contribution in [0.2, 0.25) is 0 Å². The van der Waals surface area contributed by atoms with E-state index >= 15 is 0 Å². The molecule has 1 aromatic carbocycles. The molecule has 0 bridgehead atoms. The maximum Gasteiger partial charge on any atom is 0.167 e. The minimum absolute atomic E-state index is 0.0332. The van der Waals surface area contributed by atoms with Gasteiger partial charge in [-0.3, -0.25) is 4.39 Å². The number of rotatable bonds is 8. The molecule has 5 heteroatoms. The van der Waals surface area contributed by atoms with E-state index in [1.807, 2.05) is 12.1 Å². The van der Waals surface area contributed by atoms with Crippen LogP contribution in [0.5, 0.6) is 5.75 Å². The molecule has 0 amide bonds. The van der Waals surface area contributed by atoms with Crippen LogP contribution in [0.3, 0.4) is 0 Å². The highest BCUT2D eigenvalue weighted by Gasteiger charge is 2.27.